The van der Waals surface area contributed by atoms with Crippen molar-refractivity contribution in [3.8, 4) is 0 Å². The number of pyridine rings is 1. The lowest BCUT2D eigenvalue weighted by atomic mass is 10.4. The van der Waals surface area contributed by atoms with Crippen LogP contribution in [0.15, 0.2) is 27.6 Å². The molecule has 0 atom stereocenters. The number of ether oxygens (including phenoxy) is 1. The quantitative estimate of drug-likeness (QED) is 0.797. The van der Waals surface area contributed by atoms with Crippen LogP contribution in [0.4, 0.5) is 0 Å². The Morgan fingerprint density at radius 1 is 1.56 bits per heavy atom. The molecule has 0 saturated heterocycles. The summed E-state index contributed by atoms with van der Waals surface area (Å²) in [5, 5.41) is 2.64. The van der Waals surface area contributed by atoms with Gasteiger partial charge in [0.15, 0.2) is 0 Å². The van der Waals surface area contributed by atoms with E-state index in [9.17, 15) is 9.59 Å². The molecule has 1 rings (SSSR count). The van der Waals surface area contributed by atoms with Crippen LogP contribution in [0.5, 0.6) is 0 Å². The van der Waals surface area contributed by atoms with Crippen LogP contribution in [0.2, 0.25) is 0 Å². The van der Waals surface area contributed by atoms with Crippen LogP contribution in [0.25, 0.3) is 0 Å². The van der Waals surface area contributed by atoms with Gasteiger partial charge in [0.05, 0.1) is 6.61 Å². The summed E-state index contributed by atoms with van der Waals surface area (Å²) in [5.41, 5.74) is -0.204. The summed E-state index contributed by atoms with van der Waals surface area (Å²) >= 11 is 3.24. The fraction of sp³-hybridized carbons (Fsp3) is 0.400. The average molecular weight is 289 g/mol. The zero-order valence-corrected chi connectivity index (χ0v) is 10.5. The predicted octanol–water partition coefficient (Wildman–Crippen LogP) is 0.373. The lowest BCUT2D eigenvalue weighted by molar-refractivity contribution is -0.121. The van der Waals surface area contributed by atoms with E-state index in [4.69, 9.17) is 4.74 Å². The third kappa shape index (κ3) is 4.16. The number of carbonyl (C=O) groups is 1. The molecule has 1 aromatic rings. The Bertz CT molecular complexity index is 417. The van der Waals surface area contributed by atoms with Crippen molar-refractivity contribution in [2.75, 3.05) is 20.3 Å². The molecule has 0 aromatic carbocycles. The molecule has 1 heterocycles. The number of nitrogens with zero attached hydrogens (tertiary/aromatic N) is 1. The second-order valence-corrected chi connectivity index (χ2v) is 4.07. The van der Waals surface area contributed by atoms with Crippen LogP contribution in [0.1, 0.15) is 0 Å². The number of hydrogen-bond acceptors (Lipinski definition) is 3. The molecule has 0 aliphatic carbocycles. The highest BCUT2D eigenvalue weighted by Crippen LogP contribution is 2.04. The molecule has 88 valence electrons. The maximum absolute atomic E-state index is 11.4. The van der Waals surface area contributed by atoms with Gasteiger partial charge in [0, 0.05) is 30.4 Å². The molecule has 5 nitrogen and oxygen atoms in total. The highest BCUT2D eigenvalue weighted by molar-refractivity contribution is 9.10. The molecule has 0 radical (unpaired) electrons. The Kier molecular flexibility index (Phi) is 5.21. The highest BCUT2D eigenvalue weighted by atomic mass is 79.9. The number of nitrogens with one attached hydrogen (secondary N) is 1. The van der Waals surface area contributed by atoms with E-state index >= 15 is 0 Å². The van der Waals surface area contributed by atoms with Gasteiger partial charge < -0.3 is 14.6 Å². The summed E-state index contributed by atoms with van der Waals surface area (Å²) in [7, 11) is 1.56. The molecule has 1 aromatic heterocycles. The van der Waals surface area contributed by atoms with E-state index in [0.717, 1.165) is 4.47 Å². The first-order chi connectivity index (χ1) is 7.63. The first kappa shape index (κ1) is 12.9. The maximum atomic E-state index is 11.4. The Labute approximate surface area is 102 Å². The molecule has 16 heavy (non-hydrogen) atoms. The molecule has 1 amide bonds. The largest absolute Gasteiger partial charge is 0.383 e. The lowest BCUT2D eigenvalue weighted by Gasteiger charge is -2.06. The fourth-order valence-electron chi connectivity index (χ4n) is 1.13. The van der Waals surface area contributed by atoms with Crippen molar-refractivity contribution in [2.45, 2.75) is 6.54 Å². The number of rotatable bonds is 5. The molecule has 0 fully saturated rings. The maximum Gasteiger partial charge on any atom is 0.251 e. The minimum atomic E-state index is -0.211. The van der Waals surface area contributed by atoms with Gasteiger partial charge in [-0.15, -0.1) is 0 Å². The SMILES string of the molecule is COCCNC(=O)Cn1cc(Br)ccc1=O. The Hall–Kier alpha value is -1.14. The lowest BCUT2D eigenvalue weighted by Crippen LogP contribution is -2.33. The summed E-state index contributed by atoms with van der Waals surface area (Å²) in [4.78, 5) is 22.8. The Morgan fingerprint density at radius 2 is 2.31 bits per heavy atom. The van der Waals surface area contributed by atoms with Crippen molar-refractivity contribution in [1.82, 2.24) is 9.88 Å². The van der Waals surface area contributed by atoms with E-state index in [-0.39, 0.29) is 18.0 Å². The van der Waals surface area contributed by atoms with Crippen molar-refractivity contribution in [2.24, 2.45) is 0 Å². The van der Waals surface area contributed by atoms with Gasteiger partial charge in [0.2, 0.25) is 5.91 Å². The molecule has 0 saturated carbocycles. The van der Waals surface area contributed by atoms with E-state index in [1.807, 2.05) is 0 Å². The van der Waals surface area contributed by atoms with Gasteiger partial charge in [0.1, 0.15) is 6.54 Å². The van der Waals surface area contributed by atoms with Crippen LogP contribution in [0.3, 0.4) is 0 Å². The van der Waals surface area contributed by atoms with Gasteiger partial charge in [0.25, 0.3) is 5.56 Å². The van der Waals surface area contributed by atoms with Gasteiger partial charge in [-0.2, -0.15) is 0 Å². The zero-order valence-electron chi connectivity index (χ0n) is 8.90. The summed E-state index contributed by atoms with van der Waals surface area (Å²) in [6.45, 7) is 0.916. The van der Waals surface area contributed by atoms with Crippen molar-refractivity contribution in [3.63, 3.8) is 0 Å². The minimum Gasteiger partial charge on any atom is -0.383 e. The van der Waals surface area contributed by atoms with Crippen LogP contribution in [0, 0.1) is 0 Å². The van der Waals surface area contributed by atoms with E-state index in [1.165, 1.54) is 10.6 Å². The van der Waals surface area contributed by atoms with Gasteiger partial charge >= 0.3 is 0 Å². The molecule has 1 N–H and O–H groups in total. The second-order valence-electron chi connectivity index (χ2n) is 3.16. The summed E-state index contributed by atoms with van der Waals surface area (Å²) in [5.74, 6) is -0.211. The van der Waals surface area contributed by atoms with Crippen molar-refractivity contribution < 1.29 is 9.53 Å². The Balaban J connectivity index is 2.56. The number of methoxy groups -OCH3 is 1. The topological polar surface area (TPSA) is 60.3 Å². The first-order valence-electron chi connectivity index (χ1n) is 4.75. The third-order valence-corrected chi connectivity index (χ3v) is 2.36. The number of aromatic nitrogens is 1. The number of halogens is 1. The normalized spacial score (nSPS) is 10.1. The molecule has 0 aliphatic heterocycles. The van der Waals surface area contributed by atoms with Crippen molar-refractivity contribution in [1.29, 1.82) is 0 Å². The van der Waals surface area contributed by atoms with Crippen LogP contribution >= 0.6 is 15.9 Å². The predicted molar refractivity (Wildman–Crippen MR) is 63.3 cm³/mol. The standard InChI is InChI=1S/C10H13BrN2O3/c1-16-5-4-12-9(14)7-13-6-8(11)2-3-10(13)15/h2-3,6H,4-5,7H2,1H3,(H,12,14). The molecule has 6 heteroatoms. The summed E-state index contributed by atoms with van der Waals surface area (Å²) < 4.78 is 6.89. The summed E-state index contributed by atoms with van der Waals surface area (Å²) in [6.07, 6.45) is 1.58. The number of hydrogen-bond donors (Lipinski definition) is 1. The smallest absolute Gasteiger partial charge is 0.251 e. The molecular weight excluding hydrogens is 276 g/mol. The third-order valence-electron chi connectivity index (χ3n) is 1.89. The van der Waals surface area contributed by atoms with E-state index in [0.29, 0.717) is 13.2 Å². The number of carbonyl (C=O) groups excluding carboxylic acids is 1. The van der Waals surface area contributed by atoms with E-state index < -0.39 is 0 Å². The van der Waals surface area contributed by atoms with Crippen LogP contribution in [-0.2, 0) is 16.1 Å². The summed E-state index contributed by atoms with van der Waals surface area (Å²) in [6, 6.07) is 3.05. The van der Waals surface area contributed by atoms with E-state index in [2.05, 4.69) is 21.2 Å². The molecule has 0 spiro atoms. The second kappa shape index (κ2) is 6.44. The first-order valence-corrected chi connectivity index (χ1v) is 5.54. The van der Waals surface area contributed by atoms with Gasteiger partial charge in [-0.05, 0) is 22.0 Å². The van der Waals surface area contributed by atoms with Crippen molar-refractivity contribution >= 4 is 21.8 Å². The van der Waals surface area contributed by atoms with Gasteiger partial charge in [-0.25, -0.2) is 0 Å². The Morgan fingerprint density at radius 3 is 3.00 bits per heavy atom. The van der Waals surface area contributed by atoms with E-state index in [1.54, 1.807) is 19.4 Å². The van der Waals surface area contributed by atoms with Crippen molar-refractivity contribution in [3.05, 3.63) is 33.2 Å². The van der Waals surface area contributed by atoms with Gasteiger partial charge in [-0.1, -0.05) is 0 Å². The van der Waals surface area contributed by atoms with Gasteiger partial charge in [-0.3, -0.25) is 9.59 Å². The molecular formula is C10H13BrN2O3. The van der Waals surface area contributed by atoms with Crippen LogP contribution < -0.4 is 10.9 Å². The molecule has 0 unspecified atom stereocenters. The van der Waals surface area contributed by atoms with Crippen LogP contribution in [-0.4, -0.2) is 30.7 Å². The number of amides is 1. The molecule has 0 aliphatic rings. The minimum absolute atomic E-state index is 0.0159. The fourth-order valence-corrected chi connectivity index (χ4v) is 1.51. The zero-order chi connectivity index (χ0) is 12.0. The molecule has 0 bridgehead atoms. The highest BCUT2D eigenvalue weighted by Gasteiger charge is 2.03. The monoisotopic (exact) mass is 288 g/mol. The average Bonchev–Trinajstić information content (AvgIpc) is 2.24.